The zero-order chi connectivity index (χ0) is 15.8. The minimum Gasteiger partial charge on any atom is -0.377 e. The van der Waals surface area contributed by atoms with E-state index in [2.05, 4.69) is 54.1 Å². The number of ether oxygens (including phenoxy) is 1. The van der Waals surface area contributed by atoms with Crippen LogP contribution >= 0.6 is 11.6 Å². The van der Waals surface area contributed by atoms with Gasteiger partial charge in [-0.2, -0.15) is 0 Å². The summed E-state index contributed by atoms with van der Waals surface area (Å²) in [5.41, 5.74) is 6.32. The average Bonchev–Trinajstić information content (AvgIpc) is 2.81. The van der Waals surface area contributed by atoms with Gasteiger partial charge in [-0.25, -0.2) is 0 Å². The molecule has 1 aliphatic rings. The third-order valence-corrected chi connectivity index (χ3v) is 4.79. The van der Waals surface area contributed by atoms with Gasteiger partial charge in [0, 0.05) is 40.7 Å². The molecule has 0 radical (unpaired) electrons. The first-order chi connectivity index (χ1) is 11.3. The predicted octanol–water partition coefficient (Wildman–Crippen LogP) is 4.84. The smallest absolute Gasteiger partial charge is 0.0656 e. The number of nitrogens with zero attached hydrogens (tertiary/aromatic N) is 1. The van der Waals surface area contributed by atoms with Crippen LogP contribution in [-0.4, -0.2) is 17.8 Å². The summed E-state index contributed by atoms with van der Waals surface area (Å²) in [4.78, 5) is 0. The molecule has 0 amide bonds. The summed E-state index contributed by atoms with van der Waals surface area (Å²) in [5, 5.41) is 2.06. The quantitative estimate of drug-likeness (QED) is 0.625. The van der Waals surface area contributed by atoms with Gasteiger partial charge in [0.2, 0.25) is 0 Å². The first kappa shape index (κ1) is 14.6. The first-order valence-corrected chi connectivity index (χ1v) is 8.24. The normalized spacial score (nSPS) is 17.2. The van der Waals surface area contributed by atoms with E-state index in [-0.39, 0.29) is 0 Å². The highest BCUT2D eigenvalue weighted by molar-refractivity contribution is 6.30. The molecule has 0 bridgehead atoms. The molecule has 2 aromatic carbocycles. The fourth-order valence-electron chi connectivity index (χ4n) is 3.43. The minimum atomic E-state index is 0.640. The van der Waals surface area contributed by atoms with Gasteiger partial charge in [-0.15, -0.1) is 0 Å². The zero-order valence-corrected chi connectivity index (χ0v) is 13.8. The third-order valence-electron chi connectivity index (χ3n) is 4.54. The van der Waals surface area contributed by atoms with Gasteiger partial charge >= 0.3 is 0 Å². The lowest BCUT2D eigenvalue weighted by Gasteiger charge is -2.15. The number of hydrogen-bond acceptors (Lipinski definition) is 1. The van der Waals surface area contributed by atoms with E-state index >= 15 is 0 Å². The summed E-state index contributed by atoms with van der Waals surface area (Å²) in [5.74, 6) is 0. The van der Waals surface area contributed by atoms with Crippen LogP contribution in [0.4, 0.5) is 0 Å². The molecule has 0 spiro atoms. The van der Waals surface area contributed by atoms with Crippen LogP contribution in [0, 0.1) is 0 Å². The van der Waals surface area contributed by atoms with Gasteiger partial charge in [-0.05, 0) is 29.3 Å². The second kappa shape index (κ2) is 5.88. The molecule has 0 aliphatic carbocycles. The number of hydrogen-bond donors (Lipinski definition) is 0. The Morgan fingerprint density at radius 2 is 1.83 bits per heavy atom. The van der Waals surface area contributed by atoms with Crippen LogP contribution in [0.2, 0.25) is 5.02 Å². The SMILES string of the molecule is Cn1c2c(c3ccccc31)/C(c1ccc(Cl)cc1)=C\COCC2. The number of aromatic nitrogens is 1. The van der Waals surface area contributed by atoms with Crippen molar-refractivity contribution in [1.29, 1.82) is 0 Å². The lowest BCUT2D eigenvalue weighted by molar-refractivity contribution is 0.164. The second-order valence-electron chi connectivity index (χ2n) is 5.85. The van der Waals surface area contributed by atoms with Crippen molar-refractivity contribution < 1.29 is 4.74 Å². The van der Waals surface area contributed by atoms with E-state index in [0.29, 0.717) is 6.61 Å². The highest BCUT2D eigenvalue weighted by atomic mass is 35.5. The van der Waals surface area contributed by atoms with Crippen molar-refractivity contribution in [2.24, 2.45) is 7.05 Å². The van der Waals surface area contributed by atoms with Crippen molar-refractivity contribution in [3.63, 3.8) is 0 Å². The summed E-state index contributed by atoms with van der Waals surface area (Å²) in [6, 6.07) is 16.7. The maximum absolute atomic E-state index is 6.06. The first-order valence-electron chi connectivity index (χ1n) is 7.86. The van der Waals surface area contributed by atoms with E-state index in [1.54, 1.807) is 0 Å². The van der Waals surface area contributed by atoms with E-state index in [1.165, 1.54) is 33.3 Å². The molecular weight excluding hydrogens is 306 g/mol. The highest BCUT2D eigenvalue weighted by Crippen LogP contribution is 2.36. The van der Waals surface area contributed by atoms with E-state index in [9.17, 15) is 0 Å². The van der Waals surface area contributed by atoms with Gasteiger partial charge in [0.15, 0.2) is 0 Å². The molecule has 1 aliphatic heterocycles. The summed E-state index contributed by atoms with van der Waals surface area (Å²) in [7, 11) is 2.14. The van der Waals surface area contributed by atoms with Crippen molar-refractivity contribution >= 4 is 28.1 Å². The monoisotopic (exact) mass is 323 g/mol. The molecule has 4 rings (SSSR count). The number of aryl methyl sites for hydroxylation is 1. The molecule has 0 fully saturated rings. The molecule has 3 aromatic rings. The van der Waals surface area contributed by atoms with Crippen molar-refractivity contribution in [2.45, 2.75) is 6.42 Å². The topological polar surface area (TPSA) is 14.2 Å². The molecule has 2 heterocycles. The summed E-state index contributed by atoms with van der Waals surface area (Å²) in [6.45, 7) is 1.39. The van der Waals surface area contributed by atoms with E-state index in [0.717, 1.165) is 18.1 Å². The lowest BCUT2D eigenvalue weighted by atomic mass is 9.93. The van der Waals surface area contributed by atoms with Gasteiger partial charge in [-0.3, -0.25) is 0 Å². The molecule has 2 nitrogen and oxygen atoms in total. The van der Waals surface area contributed by atoms with E-state index in [4.69, 9.17) is 16.3 Å². The maximum Gasteiger partial charge on any atom is 0.0656 e. The Hall–Kier alpha value is -2.03. The Morgan fingerprint density at radius 1 is 1.04 bits per heavy atom. The summed E-state index contributed by atoms with van der Waals surface area (Å²) < 4.78 is 8.04. The summed E-state index contributed by atoms with van der Waals surface area (Å²) >= 11 is 6.06. The van der Waals surface area contributed by atoms with Crippen LogP contribution in [0.3, 0.4) is 0 Å². The fourth-order valence-corrected chi connectivity index (χ4v) is 3.55. The van der Waals surface area contributed by atoms with Crippen molar-refractivity contribution in [3.05, 3.63) is 76.5 Å². The molecular formula is C20H18ClNO. The predicted molar refractivity (Wildman–Crippen MR) is 96.0 cm³/mol. The van der Waals surface area contributed by atoms with Crippen LogP contribution in [-0.2, 0) is 18.2 Å². The van der Waals surface area contributed by atoms with E-state index < -0.39 is 0 Å². The molecule has 3 heteroatoms. The van der Waals surface area contributed by atoms with Crippen molar-refractivity contribution in [3.8, 4) is 0 Å². The third kappa shape index (κ3) is 2.48. The van der Waals surface area contributed by atoms with Crippen molar-refractivity contribution in [1.82, 2.24) is 4.57 Å². The number of benzene rings is 2. The fraction of sp³-hybridized carbons (Fsp3) is 0.200. The Balaban J connectivity index is 2.01. The molecule has 0 saturated carbocycles. The number of para-hydroxylation sites is 1. The number of halogens is 1. The minimum absolute atomic E-state index is 0.640. The zero-order valence-electron chi connectivity index (χ0n) is 13.1. The van der Waals surface area contributed by atoms with Crippen molar-refractivity contribution in [2.75, 3.05) is 13.2 Å². The molecule has 1 aromatic heterocycles. The van der Waals surface area contributed by atoms with Gasteiger partial charge in [0.25, 0.3) is 0 Å². The van der Waals surface area contributed by atoms with Crippen LogP contribution in [0.15, 0.2) is 54.6 Å². The van der Waals surface area contributed by atoms with Crippen LogP contribution < -0.4 is 0 Å². The van der Waals surface area contributed by atoms with Gasteiger partial charge < -0.3 is 9.30 Å². The Bertz CT molecular complexity index is 890. The molecule has 23 heavy (non-hydrogen) atoms. The molecule has 0 N–H and O–H groups in total. The molecule has 0 atom stereocenters. The Labute approximate surface area is 141 Å². The Kier molecular flexibility index (Phi) is 3.72. The van der Waals surface area contributed by atoms with E-state index in [1.807, 2.05) is 12.1 Å². The van der Waals surface area contributed by atoms with Gasteiger partial charge in [0.05, 0.1) is 13.2 Å². The van der Waals surface area contributed by atoms with Gasteiger partial charge in [0.1, 0.15) is 0 Å². The summed E-state index contributed by atoms with van der Waals surface area (Å²) in [6.07, 6.45) is 3.11. The Morgan fingerprint density at radius 3 is 2.65 bits per heavy atom. The molecule has 0 unspecified atom stereocenters. The van der Waals surface area contributed by atoms with Crippen LogP contribution in [0.25, 0.3) is 16.5 Å². The lowest BCUT2D eigenvalue weighted by Crippen LogP contribution is -2.09. The second-order valence-corrected chi connectivity index (χ2v) is 6.28. The molecule has 116 valence electrons. The number of rotatable bonds is 1. The van der Waals surface area contributed by atoms with Gasteiger partial charge in [-0.1, -0.05) is 48.0 Å². The number of fused-ring (bicyclic) bond motifs is 3. The molecule has 0 saturated heterocycles. The van der Waals surface area contributed by atoms with Crippen LogP contribution in [0.5, 0.6) is 0 Å². The average molecular weight is 324 g/mol. The largest absolute Gasteiger partial charge is 0.377 e. The van der Waals surface area contributed by atoms with Crippen LogP contribution in [0.1, 0.15) is 16.8 Å². The maximum atomic E-state index is 6.06. The standard InChI is InChI=1S/C20H18ClNO/c1-22-18-5-3-2-4-17(18)20-16(10-12-23-13-11-19(20)22)14-6-8-15(21)9-7-14/h2-10H,11-13H2,1H3/b16-10-. The highest BCUT2D eigenvalue weighted by Gasteiger charge is 2.20.